The van der Waals surface area contributed by atoms with Gasteiger partial charge >= 0.3 is 0 Å². The highest BCUT2D eigenvalue weighted by Gasteiger charge is 2.28. The Labute approximate surface area is 89.8 Å². The first kappa shape index (κ1) is 10.1. The van der Waals surface area contributed by atoms with Gasteiger partial charge in [0.05, 0.1) is 6.04 Å². The Balaban J connectivity index is 2.08. The molecule has 0 aromatic carbocycles. The largest absolute Gasteiger partial charge is 0.305 e. The van der Waals surface area contributed by atoms with E-state index in [1.54, 1.807) is 11.3 Å². The monoisotopic (exact) mass is 210 g/mol. The van der Waals surface area contributed by atoms with Gasteiger partial charge in [0.25, 0.3) is 0 Å². The summed E-state index contributed by atoms with van der Waals surface area (Å²) in [6.07, 6.45) is 2.68. The Hall–Kier alpha value is -0.410. The van der Waals surface area contributed by atoms with Crippen LogP contribution in [0.2, 0.25) is 0 Å². The quantitative estimate of drug-likeness (QED) is 0.826. The molecule has 2 rings (SSSR count). The van der Waals surface area contributed by atoms with Crippen LogP contribution < -0.4 is 5.32 Å². The highest BCUT2D eigenvalue weighted by Crippen LogP contribution is 2.30. The lowest BCUT2D eigenvalue weighted by molar-refractivity contribution is 0.407. The van der Waals surface area contributed by atoms with Crippen molar-refractivity contribution in [3.05, 3.63) is 16.1 Å². The summed E-state index contributed by atoms with van der Waals surface area (Å²) < 4.78 is 0. The molecular formula is C11H18N2S. The number of hydrogen-bond acceptors (Lipinski definition) is 3. The number of thiazole rings is 1. The molecule has 1 fully saturated rings. The molecule has 0 aliphatic heterocycles. The van der Waals surface area contributed by atoms with Crippen LogP contribution in [-0.4, -0.2) is 11.0 Å². The van der Waals surface area contributed by atoms with E-state index in [2.05, 4.69) is 36.5 Å². The van der Waals surface area contributed by atoms with E-state index in [-0.39, 0.29) is 0 Å². The average Bonchev–Trinajstić information content (AvgIpc) is 2.84. The molecule has 0 amide bonds. The molecule has 1 unspecified atom stereocenters. The Morgan fingerprint density at radius 1 is 1.50 bits per heavy atom. The van der Waals surface area contributed by atoms with E-state index < -0.39 is 0 Å². The first-order valence-corrected chi connectivity index (χ1v) is 6.23. The lowest BCUT2D eigenvalue weighted by Gasteiger charge is -2.19. The van der Waals surface area contributed by atoms with Gasteiger partial charge in [-0.2, -0.15) is 0 Å². The van der Waals surface area contributed by atoms with Gasteiger partial charge < -0.3 is 5.32 Å². The second kappa shape index (κ2) is 3.99. The van der Waals surface area contributed by atoms with Crippen LogP contribution in [0.25, 0.3) is 0 Å². The number of aryl methyl sites for hydroxylation is 1. The third kappa shape index (κ3) is 2.34. The molecular weight excluding hydrogens is 192 g/mol. The first-order chi connectivity index (χ1) is 6.66. The third-order valence-corrected chi connectivity index (χ3v) is 3.61. The summed E-state index contributed by atoms with van der Waals surface area (Å²) >= 11 is 1.78. The van der Waals surface area contributed by atoms with Gasteiger partial charge in [0.15, 0.2) is 0 Å². The van der Waals surface area contributed by atoms with Gasteiger partial charge in [0, 0.05) is 17.1 Å². The topological polar surface area (TPSA) is 24.9 Å². The van der Waals surface area contributed by atoms with Gasteiger partial charge in [-0.1, -0.05) is 13.8 Å². The first-order valence-electron chi connectivity index (χ1n) is 5.35. The van der Waals surface area contributed by atoms with E-state index in [0.717, 1.165) is 11.7 Å². The molecule has 1 heterocycles. The zero-order valence-electron chi connectivity index (χ0n) is 9.08. The van der Waals surface area contributed by atoms with Crippen LogP contribution >= 0.6 is 11.3 Å². The van der Waals surface area contributed by atoms with Crippen LogP contribution in [0.3, 0.4) is 0 Å². The Kier molecular flexibility index (Phi) is 2.88. The summed E-state index contributed by atoms with van der Waals surface area (Å²) in [5.41, 5.74) is 1.15. The third-order valence-electron chi connectivity index (χ3n) is 2.56. The fraction of sp³-hybridized carbons (Fsp3) is 0.727. The van der Waals surface area contributed by atoms with Crippen LogP contribution in [-0.2, 0) is 0 Å². The maximum atomic E-state index is 4.57. The number of hydrogen-bond donors (Lipinski definition) is 1. The van der Waals surface area contributed by atoms with Crippen molar-refractivity contribution < 1.29 is 0 Å². The fourth-order valence-corrected chi connectivity index (χ4v) is 2.60. The minimum Gasteiger partial charge on any atom is -0.305 e. The van der Waals surface area contributed by atoms with E-state index in [1.807, 2.05) is 0 Å². The summed E-state index contributed by atoms with van der Waals surface area (Å²) in [4.78, 5) is 4.57. The molecule has 0 spiro atoms. The maximum Gasteiger partial charge on any atom is 0.110 e. The van der Waals surface area contributed by atoms with Crippen molar-refractivity contribution in [3.8, 4) is 0 Å². The highest BCUT2D eigenvalue weighted by molar-refractivity contribution is 7.09. The van der Waals surface area contributed by atoms with Crippen molar-refractivity contribution in [2.24, 2.45) is 5.92 Å². The predicted molar refractivity (Wildman–Crippen MR) is 60.6 cm³/mol. The van der Waals surface area contributed by atoms with Crippen molar-refractivity contribution >= 4 is 11.3 Å². The second-order valence-electron chi connectivity index (χ2n) is 4.49. The van der Waals surface area contributed by atoms with Crippen molar-refractivity contribution in [2.45, 2.75) is 45.7 Å². The molecule has 1 N–H and O–H groups in total. The van der Waals surface area contributed by atoms with E-state index in [4.69, 9.17) is 0 Å². The van der Waals surface area contributed by atoms with Crippen molar-refractivity contribution in [1.82, 2.24) is 10.3 Å². The van der Waals surface area contributed by atoms with Crippen LogP contribution in [0.1, 0.15) is 43.4 Å². The minimum atomic E-state index is 0.459. The van der Waals surface area contributed by atoms with Crippen LogP contribution in [0.4, 0.5) is 0 Å². The molecule has 0 radical (unpaired) electrons. The smallest absolute Gasteiger partial charge is 0.110 e. The number of rotatable bonds is 4. The SMILES string of the molecule is Cc1csc(C(NC2CC2)C(C)C)n1. The van der Waals surface area contributed by atoms with E-state index in [0.29, 0.717) is 12.0 Å². The van der Waals surface area contributed by atoms with Gasteiger partial charge in [0.2, 0.25) is 0 Å². The summed E-state index contributed by atoms with van der Waals surface area (Å²) in [7, 11) is 0. The van der Waals surface area contributed by atoms with E-state index in [1.165, 1.54) is 17.8 Å². The standard InChI is InChI=1S/C11H18N2S/c1-7(2)10(13-9-4-5-9)11-12-8(3)6-14-11/h6-7,9-10,13H,4-5H2,1-3H3. The lowest BCUT2D eigenvalue weighted by Crippen LogP contribution is -2.27. The maximum absolute atomic E-state index is 4.57. The van der Waals surface area contributed by atoms with Crippen molar-refractivity contribution in [2.75, 3.05) is 0 Å². The zero-order valence-corrected chi connectivity index (χ0v) is 9.90. The van der Waals surface area contributed by atoms with Crippen molar-refractivity contribution in [3.63, 3.8) is 0 Å². The summed E-state index contributed by atoms with van der Waals surface area (Å²) in [6.45, 7) is 6.59. The molecule has 1 atom stereocenters. The molecule has 0 saturated heterocycles. The number of nitrogens with zero attached hydrogens (tertiary/aromatic N) is 1. The Bertz CT molecular complexity index is 302. The average molecular weight is 210 g/mol. The lowest BCUT2D eigenvalue weighted by atomic mass is 10.1. The number of aromatic nitrogens is 1. The van der Waals surface area contributed by atoms with Gasteiger partial charge in [-0.3, -0.25) is 0 Å². The molecule has 1 aromatic rings. The molecule has 1 aliphatic rings. The Morgan fingerprint density at radius 2 is 2.21 bits per heavy atom. The van der Waals surface area contributed by atoms with Gasteiger partial charge in [-0.05, 0) is 25.7 Å². The molecule has 1 aliphatic carbocycles. The van der Waals surface area contributed by atoms with Crippen LogP contribution in [0.5, 0.6) is 0 Å². The zero-order chi connectivity index (χ0) is 10.1. The van der Waals surface area contributed by atoms with Gasteiger partial charge in [0.1, 0.15) is 5.01 Å². The predicted octanol–water partition coefficient (Wildman–Crippen LogP) is 2.90. The van der Waals surface area contributed by atoms with Crippen LogP contribution in [0.15, 0.2) is 5.38 Å². The molecule has 14 heavy (non-hydrogen) atoms. The molecule has 3 heteroatoms. The van der Waals surface area contributed by atoms with Crippen LogP contribution in [0, 0.1) is 12.8 Å². The Morgan fingerprint density at radius 3 is 2.64 bits per heavy atom. The van der Waals surface area contributed by atoms with E-state index in [9.17, 15) is 0 Å². The molecule has 0 bridgehead atoms. The molecule has 2 nitrogen and oxygen atoms in total. The second-order valence-corrected chi connectivity index (χ2v) is 5.38. The summed E-state index contributed by atoms with van der Waals surface area (Å²) in [5, 5.41) is 7.06. The molecule has 1 saturated carbocycles. The minimum absolute atomic E-state index is 0.459. The fourth-order valence-electron chi connectivity index (χ4n) is 1.57. The van der Waals surface area contributed by atoms with Crippen molar-refractivity contribution in [1.29, 1.82) is 0 Å². The van der Waals surface area contributed by atoms with Gasteiger partial charge in [-0.25, -0.2) is 4.98 Å². The highest BCUT2D eigenvalue weighted by atomic mass is 32.1. The van der Waals surface area contributed by atoms with E-state index >= 15 is 0 Å². The molecule has 78 valence electrons. The van der Waals surface area contributed by atoms with Gasteiger partial charge in [-0.15, -0.1) is 11.3 Å². The molecule has 1 aromatic heterocycles. The normalized spacial score (nSPS) is 18.9. The summed E-state index contributed by atoms with van der Waals surface area (Å²) in [6, 6.07) is 1.22. The number of nitrogens with one attached hydrogen (secondary N) is 1. The summed E-state index contributed by atoms with van der Waals surface area (Å²) in [5.74, 6) is 0.626.